The van der Waals surface area contributed by atoms with Crippen LogP contribution >= 0.6 is 27.3 Å². The molecule has 4 heteroatoms. The molecule has 0 atom stereocenters. The lowest BCUT2D eigenvalue weighted by molar-refractivity contribution is 0.764. The Hall–Kier alpha value is -0.0900. The maximum atomic E-state index is 4.32. The first-order valence-electron chi connectivity index (χ1n) is 4.06. The molecule has 0 radical (unpaired) electrons. The maximum Gasteiger partial charge on any atom is 0.186 e. The molecule has 0 N–H and O–H groups in total. The van der Waals surface area contributed by atoms with Crippen molar-refractivity contribution >= 4 is 32.4 Å². The van der Waals surface area contributed by atoms with Crippen molar-refractivity contribution in [3.63, 3.8) is 0 Å². The van der Waals surface area contributed by atoms with Gasteiger partial charge >= 0.3 is 0 Å². The highest BCUT2D eigenvalue weighted by molar-refractivity contribution is 9.10. The van der Waals surface area contributed by atoms with Crippen LogP contribution in [-0.4, -0.2) is 18.6 Å². The van der Waals surface area contributed by atoms with E-state index in [0.29, 0.717) is 0 Å². The normalized spacial score (nSPS) is 10.2. The van der Waals surface area contributed by atoms with Gasteiger partial charge < -0.3 is 4.90 Å². The van der Waals surface area contributed by atoms with Gasteiger partial charge in [-0.05, 0) is 22.4 Å². The Balaban J connectivity index is 2.47. The number of halogens is 1. The van der Waals surface area contributed by atoms with Crippen LogP contribution in [-0.2, 0) is 0 Å². The molecule has 0 aliphatic heterocycles. The van der Waals surface area contributed by atoms with Crippen LogP contribution in [0.5, 0.6) is 0 Å². The summed E-state index contributed by atoms with van der Waals surface area (Å²) in [6.45, 7) is 3.29. The van der Waals surface area contributed by atoms with E-state index in [0.717, 1.165) is 16.3 Å². The highest BCUT2D eigenvalue weighted by Gasteiger charge is 2.03. The zero-order chi connectivity index (χ0) is 8.97. The largest absolute Gasteiger partial charge is 0.351 e. The second-order valence-electron chi connectivity index (χ2n) is 2.73. The van der Waals surface area contributed by atoms with Gasteiger partial charge in [0.05, 0.1) is 0 Å². The van der Waals surface area contributed by atoms with Gasteiger partial charge in [0.2, 0.25) is 0 Å². The molecular formula is C8H13BrN2S. The van der Waals surface area contributed by atoms with Crippen LogP contribution in [0.1, 0.15) is 19.8 Å². The summed E-state index contributed by atoms with van der Waals surface area (Å²) in [6, 6.07) is 0. The third kappa shape index (κ3) is 2.75. The Morgan fingerprint density at radius 3 is 2.92 bits per heavy atom. The van der Waals surface area contributed by atoms with Gasteiger partial charge in [-0.1, -0.05) is 13.3 Å². The molecule has 0 aliphatic rings. The van der Waals surface area contributed by atoms with Crippen LogP contribution < -0.4 is 4.90 Å². The summed E-state index contributed by atoms with van der Waals surface area (Å²) in [4.78, 5) is 6.52. The van der Waals surface area contributed by atoms with Gasteiger partial charge in [-0.3, -0.25) is 0 Å². The molecule has 1 aromatic heterocycles. The number of hydrogen-bond donors (Lipinski definition) is 0. The smallest absolute Gasteiger partial charge is 0.186 e. The first kappa shape index (κ1) is 9.99. The van der Waals surface area contributed by atoms with E-state index in [2.05, 4.69) is 39.8 Å². The average Bonchev–Trinajstić information content (AvgIpc) is 2.47. The van der Waals surface area contributed by atoms with E-state index in [-0.39, 0.29) is 0 Å². The lowest BCUT2D eigenvalue weighted by Crippen LogP contribution is -2.17. The molecule has 0 saturated carbocycles. The Bertz CT molecular complexity index is 237. The van der Waals surface area contributed by atoms with Crippen molar-refractivity contribution in [1.29, 1.82) is 0 Å². The average molecular weight is 249 g/mol. The fraction of sp³-hybridized carbons (Fsp3) is 0.625. The lowest BCUT2D eigenvalue weighted by atomic mass is 10.3. The van der Waals surface area contributed by atoms with E-state index in [1.54, 1.807) is 11.3 Å². The lowest BCUT2D eigenvalue weighted by Gasteiger charge is -2.14. The minimum Gasteiger partial charge on any atom is -0.351 e. The first-order valence-corrected chi connectivity index (χ1v) is 5.73. The molecule has 1 heterocycles. The van der Waals surface area contributed by atoms with E-state index >= 15 is 0 Å². The first-order chi connectivity index (χ1) is 5.74. The van der Waals surface area contributed by atoms with Crippen molar-refractivity contribution in [2.24, 2.45) is 0 Å². The van der Waals surface area contributed by atoms with E-state index in [1.807, 2.05) is 5.38 Å². The predicted octanol–water partition coefficient (Wildman–Crippen LogP) is 3.14. The molecular weight excluding hydrogens is 236 g/mol. The SMILES string of the molecule is CCCCN(C)c1nc(Br)cs1. The molecule has 0 bridgehead atoms. The molecule has 0 aliphatic carbocycles. The standard InChI is InChI=1S/C8H13BrN2S/c1-3-4-5-11(2)8-10-7(9)6-12-8/h6H,3-5H2,1-2H3. The van der Waals surface area contributed by atoms with E-state index in [4.69, 9.17) is 0 Å². The molecule has 1 rings (SSSR count). The minimum absolute atomic E-state index is 0.936. The van der Waals surface area contributed by atoms with E-state index in [9.17, 15) is 0 Å². The molecule has 12 heavy (non-hydrogen) atoms. The Morgan fingerprint density at radius 1 is 1.67 bits per heavy atom. The van der Waals surface area contributed by atoms with E-state index < -0.39 is 0 Å². The number of thiazole rings is 1. The molecule has 2 nitrogen and oxygen atoms in total. The summed E-state index contributed by atoms with van der Waals surface area (Å²) >= 11 is 5.02. The fourth-order valence-corrected chi connectivity index (χ4v) is 2.16. The van der Waals surface area contributed by atoms with Crippen molar-refractivity contribution in [1.82, 2.24) is 4.98 Å². The Kier molecular flexibility index (Phi) is 4.01. The molecule has 0 spiro atoms. The highest BCUT2D eigenvalue weighted by Crippen LogP contribution is 2.22. The summed E-state index contributed by atoms with van der Waals surface area (Å²) < 4.78 is 0.936. The molecule has 0 aromatic carbocycles. The minimum atomic E-state index is 0.936. The fourth-order valence-electron chi connectivity index (χ4n) is 0.912. The zero-order valence-electron chi connectivity index (χ0n) is 7.38. The van der Waals surface area contributed by atoms with Crippen molar-refractivity contribution < 1.29 is 0 Å². The quantitative estimate of drug-likeness (QED) is 0.814. The molecule has 0 fully saturated rings. The number of aromatic nitrogens is 1. The Labute approximate surface area is 85.7 Å². The van der Waals surface area contributed by atoms with Crippen molar-refractivity contribution in [2.75, 3.05) is 18.5 Å². The molecule has 1 aromatic rings. The summed E-state index contributed by atoms with van der Waals surface area (Å²) in [7, 11) is 2.08. The van der Waals surface area contributed by atoms with Gasteiger partial charge in [-0.2, -0.15) is 0 Å². The molecule has 0 amide bonds. The number of anilines is 1. The molecule has 0 saturated heterocycles. The van der Waals surface area contributed by atoms with Crippen molar-refractivity contribution in [2.45, 2.75) is 19.8 Å². The number of hydrogen-bond acceptors (Lipinski definition) is 3. The number of unbranched alkanes of at least 4 members (excludes halogenated alkanes) is 1. The van der Waals surface area contributed by atoms with Crippen LogP contribution in [0.4, 0.5) is 5.13 Å². The van der Waals surface area contributed by atoms with Crippen molar-refractivity contribution in [3.05, 3.63) is 9.98 Å². The summed E-state index contributed by atoms with van der Waals surface area (Å²) in [6.07, 6.45) is 2.46. The summed E-state index contributed by atoms with van der Waals surface area (Å²) in [5, 5.41) is 3.10. The second-order valence-corrected chi connectivity index (χ2v) is 4.38. The monoisotopic (exact) mass is 248 g/mol. The zero-order valence-corrected chi connectivity index (χ0v) is 9.78. The predicted molar refractivity (Wildman–Crippen MR) is 58.0 cm³/mol. The van der Waals surface area contributed by atoms with Crippen LogP contribution in [0.15, 0.2) is 9.98 Å². The van der Waals surface area contributed by atoms with Crippen LogP contribution in [0.2, 0.25) is 0 Å². The van der Waals surface area contributed by atoms with E-state index in [1.165, 1.54) is 12.8 Å². The van der Waals surface area contributed by atoms with Gasteiger partial charge in [-0.25, -0.2) is 4.98 Å². The van der Waals surface area contributed by atoms with Gasteiger partial charge in [0, 0.05) is 19.0 Å². The second kappa shape index (κ2) is 4.82. The van der Waals surface area contributed by atoms with Crippen molar-refractivity contribution in [3.8, 4) is 0 Å². The van der Waals surface area contributed by atoms with Crippen LogP contribution in [0, 0.1) is 0 Å². The van der Waals surface area contributed by atoms with Gasteiger partial charge in [0.1, 0.15) is 4.60 Å². The number of nitrogens with zero attached hydrogens (tertiary/aromatic N) is 2. The van der Waals surface area contributed by atoms with Crippen LogP contribution in [0.3, 0.4) is 0 Å². The van der Waals surface area contributed by atoms with Gasteiger partial charge in [-0.15, -0.1) is 11.3 Å². The Morgan fingerprint density at radius 2 is 2.42 bits per heavy atom. The molecule has 68 valence electrons. The van der Waals surface area contributed by atoms with Gasteiger partial charge in [0.25, 0.3) is 0 Å². The highest BCUT2D eigenvalue weighted by atomic mass is 79.9. The summed E-state index contributed by atoms with van der Waals surface area (Å²) in [5.74, 6) is 0. The molecule has 0 unspecified atom stereocenters. The third-order valence-corrected chi connectivity index (χ3v) is 3.30. The van der Waals surface area contributed by atoms with Crippen LogP contribution in [0.25, 0.3) is 0 Å². The third-order valence-electron chi connectivity index (χ3n) is 1.64. The topological polar surface area (TPSA) is 16.1 Å². The number of rotatable bonds is 4. The maximum absolute atomic E-state index is 4.32. The van der Waals surface area contributed by atoms with Gasteiger partial charge in [0.15, 0.2) is 5.13 Å². The summed E-state index contributed by atoms with van der Waals surface area (Å²) in [5.41, 5.74) is 0.